The van der Waals surface area contributed by atoms with E-state index in [1.165, 1.54) is 7.11 Å². The maximum absolute atomic E-state index is 13.1. The van der Waals surface area contributed by atoms with Crippen LogP contribution in [0.4, 0.5) is 16.2 Å². The minimum Gasteiger partial charge on any atom is -0.465 e. The molecule has 29 heavy (non-hydrogen) atoms. The highest BCUT2D eigenvalue weighted by molar-refractivity contribution is 5.97. The number of nitrogens with zero attached hydrogens (tertiary/aromatic N) is 2. The minimum absolute atomic E-state index is 0.168. The molecule has 0 bridgehead atoms. The SMILES string of the molecule is CCCN(Cc1ccccc1)C(=O)Nc1cc(C(=O)OC)ccc1N1CCCC1. The fourth-order valence-corrected chi connectivity index (χ4v) is 3.64. The molecule has 3 rings (SSSR count). The lowest BCUT2D eigenvalue weighted by molar-refractivity contribution is 0.0600. The molecular formula is C23H29N3O3. The van der Waals surface area contributed by atoms with E-state index in [0.717, 1.165) is 43.6 Å². The number of carbonyl (C=O) groups excluding carboxylic acids is 2. The molecule has 1 heterocycles. The van der Waals surface area contributed by atoms with Gasteiger partial charge in [0.1, 0.15) is 0 Å². The fraction of sp³-hybridized carbons (Fsp3) is 0.391. The Balaban J connectivity index is 1.84. The molecule has 2 aromatic rings. The van der Waals surface area contributed by atoms with Crippen molar-refractivity contribution in [2.45, 2.75) is 32.7 Å². The molecule has 6 nitrogen and oxygen atoms in total. The van der Waals surface area contributed by atoms with E-state index in [-0.39, 0.29) is 6.03 Å². The summed E-state index contributed by atoms with van der Waals surface area (Å²) in [5, 5.41) is 3.05. The summed E-state index contributed by atoms with van der Waals surface area (Å²) in [6, 6.07) is 15.1. The van der Waals surface area contributed by atoms with Crippen molar-refractivity contribution in [1.82, 2.24) is 4.90 Å². The molecule has 1 saturated heterocycles. The molecule has 0 radical (unpaired) electrons. The third-order valence-electron chi connectivity index (χ3n) is 5.10. The van der Waals surface area contributed by atoms with E-state index in [1.807, 2.05) is 36.4 Å². The van der Waals surface area contributed by atoms with Crippen LogP contribution < -0.4 is 10.2 Å². The van der Waals surface area contributed by atoms with Gasteiger partial charge in [-0.2, -0.15) is 0 Å². The topological polar surface area (TPSA) is 61.9 Å². The predicted molar refractivity (Wildman–Crippen MR) is 115 cm³/mol. The van der Waals surface area contributed by atoms with Gasteiger partial charge in [-0.3, -0.25) is 0 Å². The first-order valence-corrected chi connectivity index (χ1v) is 10.2. The van der Waals surface area contributed by atoms with Gasteiger partial charge in [-0.25, -0.2) is 9.59 Å². The zero-order chi connectivity index (χ0) is 20.6. The second kappa shape index (κ2) is 9.96. The Bertz CT molecular complexity index is 833. The maximum atomic E-state index is 13.1. The normalized spacial score (nSPS) is 13.2. The van der Waals surface area contributed by atoms with Gasteiger partial charge in [0, 0.05) is 26.2 Å². The lowest BCUT2D eigenvalue weighted by Crippen LogP contribution is -2.35. The number of hydrogen-bond donors (Lipinski definition) is 1. The van der Waals surface area contributed by atoms with Crippen LogP contribution in [0.1, 0.15) is 42.1 Å². The van der Waals surface area contributed by atoms with Gasteiger partial charge in [0.05, 0.1) is 24.0 Å². The van der Waals surface area contributed by atoms with Crippen LogP contribution in [0.25, 0.3) is 0 Å². The number of benzene rings is 2. The molecule has 1 aliphatic rings. The average molecular weight is 396 g/mol. The smallest absolute Gasteiger partial charge is 0.337 e. The van der Waals surface area contributed by atoms with Crippen LogP contribution >= 0.6 is 0 Å². The number of methoxy groups -OCH3 is 1. The molecule has 2 amide bonds. The van der Waals surface area contributed by atoms with Crippen LogP contribution in [0.5, 0.6) is 0 Å². The first-order chi connectivity index (χ1) is 14.1. The van der Waals surface area contributed by atoms with Crippen molar-refractivity contribution in [3.05, 3.63) is 59.7 Å². The standard InChI is InChI=1S/C23H29N3O3/c1-3-13-26(17-18-9-5-4-6-10-18)23(28)24-20-16-19(22(27)29-2)11-12-21(20)25-14-7-8-15-25/h4-6,9-12,16H,3,7-8,13-15,17H2,1-2H3,(H,24,28). The fourth-order valence-electron chi connectivity index (χ4n) is 3.64. The molecule has 1 N–H and O–H groups in total. The second-order valence-corrected chi connectivity index (χ2v) is 7.25. The van der Waals surface area contributed by atoms with Gasteiger partial charge in [0.25, 0.3) is 0 Å². The lowest BCUT2D eigenvalue weighted by atomic mass is 10.1. The summed E-state index contributed by atoms with van der Waals surface area (Å²) >= 11 is 0. The summed E-state index contributed by atoms with van der Waals surface area (Å²) in [6.45, 7) is 5.14. The zero-order valence-electron chi connectivity index (χ0n) is 17.2. The van der Waals surface area contributed by atoms with E-state index < -0.39 is 5.97 Å². The van der Waals surface area contributed by atoms with Gasteiger partial charge in [-0.05, 0) is 43.0 Å². The summed E-state index contributed by atoms with van der Waals surface area (Å²) in [4.78, 5) is 29.2. The maximum Gasteiger partial charge on any atom is 0.337 e. The van der Waals surface area contributed by atoms with Gasteiger partial charge in [-0.1, -0.05) is 37.3 Å². The van der Waals surface area contributed by atoms with Crippen LogP contribution in [0.15, 0.2) is 48.5 Å². The molecule has 1 fully saturated rings. The Morgan fingerprint density at radius 2 is 1.83 bits per heavy atom. The number of nitrogens with one attached hydrogen (secondary N) is 1. The monoisotopic (exact) mass is 395 g/mol. The van der Waals surface area contributed by atoms with Crippen molar-refractivity contribution in [2.75, 3.05) is 37.0 Å². The van der Waals surface area contributed by atoms with Gasteiger partial charge in [0.2, 0.25) is 0 Å². The number of esters is 1. The third kappa shape index (κ3) is 5.28. The van der Waals surface area contributed by atoms with E-state index in [9.17, 15) is 9.59 Å². The molecule has 0 unspecified atom stereocenters. The number of hydrogen-bond acceptors (Lipinski definition) is 4. The Morgan fingerprint density at radius 3 is 2.48 bits per heavy atom. The van der Waals surface area contributed by atoms with Crippen LogP contribution in [-0.4, -0.2) is 43.6 Å². The first kappa shape index (κ1) is 20.7. The average Bonchev–Trinajstić information content (AvgIpc) is 3.28. The van der Waals surface area contributed by atoms with Crippen molar-refractivity contribution >= 4 is 23.4 Å². The Hall–Kier alpha value is -3.02. The number of rotatable bonds is 7. The Kier molecular flexibility index (Phi) is 7.11. The van der Waals surface area contributed by atoms with Gasteiger partial charge >= 0.3 is 12.0 Å². The zero-order valence-corrected chi connectivity index (χ0v) is 17.2. The molecule has 0 aromatic heterocycles. The third-order valence-corrected chi connectivity index (χ3v) is 5.10. The van der Waals surface area contributed by atoms with Gasteiger partial charge in [0.15, 0.2) is 0 Å². The molecule has 0 spiro atoms. The van der Waals surface area contributed by atoms with E-state index in [1.54, 1.807) is 17.0 Å². The molecule has 154 valence electrons. The Morgan fingerprint density at radius 1 is 1.10 bits per heavy atom. The minimum atomic E-state index is -0.414. The van der Waals surface area contributed by atoms with Crippen molar-refractivity contribution < 1.29 is 14.3 Å². The van der Waals surface area contributed by atoms with E-state index in [4.69, 9.17) is 4.74 Å². The van der Waals surface area contributed by atoms with Gasteiger partial charge in [-0.15, -0.1) is 0 Å². The summed E-state index contributed by atoms with van der Waals surface area (Å²) in [5.41, 5.74) is 3.10. The van der Waals surface area contributed by atoms with Crippen molar-refractivity contribution in [3.8, 4) is 0 Å². The number of amides is 2. The van der Waals surface area contributed by atoms with Crippen molar-refractivity contribution in [2.24, 2.45) is 0 Å². The van der Waals surface area contributed by atoms with Crippen LogP contribution in [-0.2, 0) is 11.3 Å². The van der Waals surface area contributed by atoms with Crippen LogP contribution in [0.3, 0.4) is 0 Å². The number of urea groups is 1. The van der Waals surface area contributed by atoms with E-state index in [0.29, 0.717) is 24.3 Å². The number of anilines is 2. The molecule has 0 aliphatic carbocycles. The summed E-state index contributed by atoms with van der Waals surface area (Å²) in [5.74, 6) is -0.414. The predicted octanol–water partition coefficient (Wildman–Crippen LogP) is 4.52. The Labute approximate surface area is 172 Å². The van der Waals surface area contributed by atoms with Crippen LogP contribution in [0.2, 0.25) is 0 Å². The molecule has 0 saturated carbocycles. The second-order valence-electron chi connectivity index (χ2n) is 7.25. The number of carbonyl (C=O) groups is 2. The first-order valence-electron chi connectivity index (χ1n) is 10.2. The largest absolute Gasteiger partial charge is 0.465 e. The number of ether oxygens (including phenoxy) is 1. The summed E-state index contributed by atoms with van der Waals surface area (Å²) < 4.78 is 4.85. The van der Waals surface area contributed by atoms with Crippen LogP contribution in [0, 0.1) is 0 Å². The lowest BCUT2D eigenvalue weighted by Gasteiger charge is -2.26. The van der Waals surface area contributed by atoms with E-state index in [2.05, 4.69) is 17.1 Å². The highest BCUT2D eigenvalue weighted by Gasteiger charge is 2.21. The quantitative estimate of drug-likeness (QED) is 0.701. The molecule has 0 atom stereocenters. The highest BCUT2D eigenvalue weighted by Crippen LogP contribution is 2.30. The van der Waals surface area contributed by atoms with E-state index >= 15 is 0 Å². The highest BCUT2D eigenvalue weighted by atomic mass is 16.5. The molecule has 2 aromatic carbocycles. The summed E-state index contributed by atoms with van der Waals surface area (Å²) in [6.07, 6.45) is 3.12. The molecular weight excluding hydrogens is 366 g/mol. The van der Waals surface area contributed by atoms with Gasteiger partial charge < -0.3 is 19.9 Å². The molecule has 1 aliphatic heterocycles. The summed E-state index contributed by atoms with van der Waals surface area (Å²) in [7, 11) is 1.36. The van der Waals surface area contributed by atoms with Crippen molar-refractivity contribution in [3.63, 3.8) is 0 Å². The molecule has 6 heteroatoms. The van der Waals surface area contributed by atoms with Crippen molar-refractivity contribution in [1.29, 1.82) is 0 Å².